The molecular weight excluding hydrogens is 422 g/mol. The molecule has 0 spiro atoms. The third-order valence-electron chi connectivity index (χ3n) is 5.25. The van der Waals surface area contributed by atoms with Gasteiger partial charge in [-0.1, -0.05) is 0 Å². The van der Waals surface area contributed by atoms with Crippen molar-refractivity contribution < 1.29 is 27.5 Å². The summed E-state index contributed by atoms with van der Waals surface area (Å²) in [6.07, 6.45) is 1.65. The molecule has 2 aromatic carbocycles. The van der Waals surface area contributed by atoms with E-state index in [-0.39, 0.29) is 23.7 Å². The Kier molecular flexibility index (Phi) is 5.84. The van der Waals surface area contributed by atoms with Gasteiger partial charge >= 0.3 is 0 Å². The summed E-state index contributed by atoms with van der Waals surface area (Å²) in [4.78, 5) is 26.4. The largest absolute Gasteiger partial charge is 0.497 e. The van der Waals surface area contributed by atoms with E-state index in [1.807, 2.05) is 0 Å². The molecule has 0 saturated carbocycles. The number of methoxy groups -OCH3 is 1. The number of sulfonamides is 1. The molecule has 31 heavy (non-hydrogen) atoms. The van der Waals surface area contributed by atoms with E-state index in [9.17, 15) is 18.0 Å². The van der Waals surface area contributed by atoms with Gasteiger partial charge in [-0.25, -0.2) is 8.42 Å². The zero-order chi connectivity index (χ0) is 22.0. The average molecular weight is 445 g/mol. The maximum absolute atomic E-state index is 12.9. The second-order valence-corrected chi connectivity index (χ2v) is 9.22. The van der Waals surface area contributed by atoms with Crippen LogP contribution in [0.3, 0.4) is 0 Å². The molecule has 0 unspecified atom stereocenters. The molecular formula is C21H23N3O6S. The Hall–Kier alpha value is -3.11. The number of nitrogens with zero attached hydrogens (tertiary/aromatic N) is 2. The van der Waals surface area contributed by atoms with Crippen LogP contribution in [0.1, 0.15) is 12.8 Å². The maximum Gasteiger partial charge on any atom is 0.265 e. The predicted octanol–water partition coefficient (Wildman–Crippen LogP) is 1.84. The topological polar surface area (TPSA) is 105 Å². The molecule has 0 aromatic heterocycles. The molecule has 0 atom stereocenters. The fourth-order valence-corrected chi connectivity index (χ4v) is 5.15. The van der Waals surface area contributed by atoms with Crippen molar-refractivity contribution in [3.05, 3.63) is 42.5 Å². The van der Waals surface area contributed by atoms with Gasteiger partial charge in [-0.15, -0.1) is 0 Å². The van der Waals surface area contributed by atoms with Crippen molar-refractivity contribution in [2.24, 2.45) is 0 Å². The van der Waals surface area contributed by atoms with Gasteiger partial charge in [-0.3, -0.25) is 14.5 Å². The van der Waals surface area contributed by atoms with Gasteiger partial charge < -0.3 is 14.8 Å². The van der Waals surface area contributed by atoms with Gasteiger partial charge in [0.05, 0.1) is 17.7 Å². The van der Waals surface area contributed by atoms with Crippen LogP contribution in [-0.4, -0.2) is 57.9 Å². The minimum absolute atomic E-state index is 0.0759. The predicted molar refractivity (Wildman–Crippen MR) is 114 cm³/mol. The molecule has 0 bridgehead atoms. The Morgan fingerprint density at radius 3 is 2.52 bits per heavy atom. The molecule has 0 radical (unpaired) electrons. The molecule has 2 aromatic rings. The first kappa shape index (κ1) is 21.1. The maximum atomic E-state index is 12.9. The lowest BCUT2D eigenvalue weighted by Crippen LogP contribution is -2.43. The van der Waals surface area contributed by atoms with E-state index >= 15 is 0 Å². The number of carbonyl (C=O) groups is 2. The number of benzene rings is 2. The first-order valence-electron chi connectivity index (χ1n) is 9.90. The van der Waals surface area contributed by atoms with Gasteiger partial charge in [0.15, 0.2) is 6.61 Å². The third-order valence-corrected chi connectivity index (χ3v) is 7.15. The highest BCUT2D eigenvalue weighted by Gasteiger charge is 2.32. The number of amides is 2. The Morgan fingerprint density at radius 2 is 1.84 bits per heavy atom. The van der Waals surface area contributed by atoms with Crippen molar-refractivity contribution in [3.8, 4) is 11.5 Å². The van der Waals surface area contributed by atoms with Crippen molar-refractivity contribution in [2.75, 3.05) is 43.6 Å². The SMILES string of the molecule is COc1ccc(NC(=O)CN2C(=O)COc3ccc(S(=O)(=O)N4CCCC4)cc32)cc1. The summed E-state index contributed by atoms with van der Waals surface area (Å²) >= 11 is 0. The molecule has 164 valence electrons. The molecule has 0 aliphatic carbocycles. The highest BCUT2D eigenvalue weighted by molar-refractivity contribution is 7.89. The fraction of sp³-hybridized carbons (Fsp3) is 0.333. The van der Waals surface area contributed by atoms with Gasteiger partial charge in [0.1, 0.15) is 18.0 Å². The van der Waals surface area contributed by atoms with Crippen molar-refractivity contribution in [2.45, 2.75) is 17.7 Å². The van der Waals surface area contributed by atoms with Crippen LogP contribution in [0, 0.1) is 0 Å². The molecule has 2 amide bonds. The van der Waals surface area contributed by atoms with Gasteiger partial charge in [0, 0.05) is 18.8 Å². The van der Waals surface area contributed by atoms with Crippen molar-refractivity contribution in [3.63, 3.8) is 0 Å². The standard InChI is InChI=1S/C21H23N3O6S/c1-29-16-6-4-15(5-7-16)22-20(25)13-24-18-12-17(8-9-19(18)30-14-21(24)26)31(27,28)23-10-2-3-11-23/h4-9,12H,2-3,10-11,13-14H2,1H3,(H,22,25). The van der Waals surface area contributed by atoms with Crippen LogP contribution in [0.25, 0.3) is 0 Å². The van der Waals surface area contributed by atoms with Gasteiger partial charge in [0.25, 0.3) is 5.91 Å². The highest BCUT2D eigenvalue weighted by Crippen LogP contribution is 2.35. The highest BCUT2D eigenvalue weighted by atomic mass is 32.2. The molecule has 10 heteroatoms. The molecule has 1 N–H and O–H groups in total. The molecule has 9 nitrogen and oxygen atoms in total. The second-order valence-electron chi connectivity index (χ2n) is 7.29. The normalized spacial score (nSPS) is 16.5. The summed E-state index contributed by atoms with van der Waals surface area (Å²) in [6, 6.07) is 11.2. The van der Waals surface area contributed by atoms with Crippen LogP contribution < -0.4 is 19.7 Å². The van der Waals surface area contributed by atoms with Crippen LogP contribution >= 0.6 is 0 Å². The zero-order valence-corrected chi connectivity index (χ0v) is 17.9. The van der Waals surface area contributed by atoms with E-state index in [1.165, 1.54) is 27.4 Å². The summed E-state index contributed by atoms with van der Waals surface area (Å²) in [5.41, 5.74) is 0.818. The molecule has 2 heterocycles. The van der Waals surface area contributed by atoms with Crippen LogP contribution in [0.4, 0.5) is 11.4 Å². The summed E-state index contributed by atoms with van der Waals surface area (Å²) in [5, 5.41) is 2.73. The number of rotatable bonds is 6. The number of fused-ring (bicyclic) bond motifs is 1. The number of nitrogens with one attached hydrogen (secondary N) is 1. The van der Waals surface area contributed by atoms with Crippen LogP contribution in [0.15, 0.2) is 47.4 Å². The smallest absolute Gasteiger partial charge is 0.265 e. The fourth-order valence-electron chi connectivity index (χ4n) is 3.61. The molecule has 4 rings (SSSR count). The van der Waals surface area contributed by atoms with Crippen molar-refractivity contribution >= 4 is 33.2 Å². The lowest BCUT2D eigenvalue weighted by atomic mass is 10.2. The monoisotopic (exact) mass is 445 g/mol. The molecule has 2 aliphatic rings. The van der Waals surface area contributed by atoms with E-state index in [4.69, 9.17) is 9.47 Å². The minimum atomic E-state index is -3.67. The van der Waals surface area contributed by atoms with Crippen LogP contribution in [0.2, 0.25) is 0 Å². The summed E-state index contributed by atoms with van der Waals surface area (Å²) in [7, 11) is -2.12. The van der Waals surface area contributed by atoms with Gasteiger partial charge in [-0.2, -0.15) is 4.31 Å². The molecule has 1 saturated heterocycles. The van der Waals surface area contributed by atoms with Gasteiger partial charge in [0.2, 0.25) is 15.9 Å². The summed E-state index contributed by atoms with van der Waals surface area (Å²) < 4.78 is 37.8. The first-order chi connectivity index (χ1) is 14.9. The quantitative estimate of drug-likeness (QED) is 0.728. The van der Waals surface area contributed by atoms with Crippen LogP contribution in [-0.2, 0) is 19.6 Å². The summed E-state index contributed by atoms with van der Waals surface area (Å²) in [6.45, 7) is 0.459. The molecule has 1 fully saturated rings. The van der Waals surface area contributed by atoms with E-state index < -0.39 is 21.8 Å². The Morgan fingerprint density at radius 1 is 1.13 bits per heavy atom. The minimum Gasteiger partial charge on any atom is -0.497 e. The van der Waals surface area contributed by atoms with Crippen molar-refractivity contribution in [1.82, 2.24) is 4.31 Å². The zero-order valence-electron chi connectivity index (χ0n) is 17.0. The van der Waals surface area contributed by atoms with Crippen molar-refractivity contribution in [1.29, 1.82) is 0 Å². The lowest BCUT2D eigenvalue weighted by molar-refractivity contribution is -0.123. The van der Waals surface area contributed by atoms with Crippen LogP contribution in [0.5, 0.6) is 11.5 Å². The van der Waals surface area contributed by atoms with E-state index in [0.29, 0.717) is 30.3 Å². The number of hydrogen-bond donors (Lipinski definition) is 1. The number of carbonyl (C=O) groups excluding carboxylic acids is 2. The average Bonchev–Trinajstić information content (AvgIpc) is 3.32. The molecule has 2 aliphatic heterocycles. The third kappa shape index (κ3) is 4.35. The second kappa shape index (κ2) is 8.56. The number of ether oxygens (including phenoxy) is 2. The van der Waals surface area contributed by atoms with E-state index in [2.05, 4.69) is 5.32 Å². The Bertz CT molecular complexity index is 1090. The number of anilines is 2. The Labute approximate surface area is 180 Å². The number of hydrogen-bond acceptors (Lipinski definition) is 6. The first-order valence-corrected chi connectivity index (χ1v) is 11.3. The van der Waals surface area contributed by atoms with E-state index in [1.54, 1.807) is 31.4 Å². The summed E-state index contributed by atoms with van der Waals surface area (Å²) in [5.74, 6) is 0.173. The van der Waals surface area contributed by atoms with Gasteiger partial charge in [-0.05, 0) is 55.3 Å². The Balaban J connectivity index is 1.56. The van der Waals surface area contributed by atoms with E-state index in [0.717, 1.165) is 12.8 Å². The lowest BCUT2D eigenvalue weighted by Gasteiger charge is -2.29.